The highest BCUT2D eigenvalue weighted by Crippen LogP contribution is 2.13. The number of esters is 1. The Hall–Kier alpha value is -3.03. The fraction of sp³-hybridized carbons (Fsp3) is 0.154. The van der Waals surface area contributed by atoms with E-state index in [1.165, 1.54) is 18.1 Å². The van der Waals surface area contributed by atoms with Crippen molar-refractivity contribution in [2.45, 2.75) is 6.54 Å². The molecule has 8 nitrogen and oxygen atoms in total. The molecule has 3 rings (SSSR count). The van der Waals surface area contributed by atoms with E-state index < -0.39 is 5.97 Å². The molecule has 3 aromatic rings. The molecule has 21 heavy (non-hydrogen) atoms. The average molecular weight is 285 g/mol. The SMILES string of the molecule is COC(=O)c1ccc(Cn2nnc(-c3ccco3)n2)nc1. The van der Waals surface area contributed by atoms with Gasteiger partial charge in [0.05, 0.1) is 24.6 Å². The van der Waals surface area contributed by atoms with Gasteiger partial charge in [-0.3, -0.25) is 4.98 Å². The summed E-state index contributed by atoms with van der Waals surface area (Å²) in [5, 5.41) is 12.0. The molecule has 0 aliphatic heterocycles. The molecule has 0 spiro atoms. The molecular weight excluding hydrogens is 274 g/mol. The number of pyridine rings is 1. The summed E-state index contributed by atoms with van der Waals surface area (Å²) in [5.74, 6) is 0.537. The monoisotopic (exact) mass is 285 g/mol. The Labute approximate surface area is 119 Å². The Morgan fingerprint density at radius 3 is 2.95 bits per heavy atom. The molecule has 0 unspecified atom stereocenters. The van der Waals surface area contributed by atoms with Gasteiger partial charge >= 0.3 is 5.97 Å². The van der Waals surface area contributed by atoms with Crippen molar-refractivity contribution < 1.29 is 13.9 Å². The Morgan fingerprint density at radius 2 is 2.29 bits per heavy atom. The molecule has 0 bridgehead atoms. The lowest BCUT2D eigenvalue weighted by atomic mass is 10.2. The van der Waals surface area contributed by atoms with Crippen LogP contribution < -0.4 is 0 Å². The second-order valence-corrected chi connectivity index (χ2v) is 4.15. The van der Waals surface area contributed by atoms with E-state index in [0.717, 1.165) is 0 Å². The second-order valence-electron chi connectivity index (χ2n) is 4.15. The molecule has 3 aromatic heterocycles. The molecule has 0 saturated heterocycles. The van der Waals surface area contributed by atoms with Crippen LogP contribution in [0.15, 0.2) is 41.1 Å². The zero-order valence-electron chi connectivity index (χ0n) is 11.1. The van der Waals surface area contributed by atoms with Crippen molar-refractivity contribution in [3.63, 3.8) is 0 Å². The average Bonchev–Trinajstić information content (AvgIpc) is 3.18. The van der Waals surface area contributed by atoms with Crippen LogP contribution in [0.5, 0.6) is 0 Å². The number of furan rings is 1. The maximum absolute atomic E-state index is 11.3. The summed E-state index contributed by atoms with van der Waals surface area (Å²) in [6.45, 7) is 0.342. The lowest BCUT2D eigenvalue weighted by Gasteiger charge is -2.01. The van der Waals surface area contributed by atoms with Crippen molar-refractivity contribution in [1.82, 2.24) is 25.2 Å². The number of tetrazole rings is 1. The smallest absolute Gasteiger partial charge is 0.339 e. The summed E-state index contributed by atoms with van der Waals surface area (Å²) >= 11 is 0. The Morgan fingerprint density at radius 1 is 1.38 bits per heavy atom. The van der Waals surface area contributed by atoms with Gasteiger partial charge in [-0.05, 0) is 29.5 Å². The first-order chi connectivity index (χ1) is 10.3. The van der Waals surface area contributed by atoms with Crippen LogP contribution in [-0.4, -0.2) is 38.3 Å². The first kappa shape index (κ1) is 13.0. The molecule has 0 aromatic carbocycles. The Bertz CT molecular complexity index is 734. The van der Waals surface area contributed by atoms with Crippen molar-refractivity contribution in [2.24, 2.45) is 0 Å². The number of hydrogen-bond acceptors (Lipinski definition) is 7. The van der Waals surface area contributed by atoms with E-state index in [0.29, 0.717) is 29.4 Å². The third kappa shape index (κ3) is 2.78. The topological polar surface area (TPSA) is 95.9 Å². The molecule has 0 radical (unpaired) electrons. The van der Waals surface area contributed by atoms with Crippen molar-refractivity contribution in [2.75, 3.05) is 7.11 Å². The van der Waals surface area contributed by atoms with Gasteiger partial charge in [0.25, 0.3) is 0 Å². The number of methoxy groups -OCH3 is 1. The van der Waals surface area contributed by atoms with E-state index in [9.17, 15) is 4.79 Å². The maximum Gasteiger partial charge on any atom is 0.339 e. The number of rotatable bonds is 4. The van der Waals surface area contributed by atoms with E-state index >= 15 is 0 Å². The van der Waals surface area contributed by atoms with Crippen molar-refractivity contribution >= 4 is 5.97 Å². The highest BCUT2D eigenvalue weighted by molar-refractivity contribution is 5.88. The highest BCUT2D eigenvalue weighted by atomic mass is 16.5. The number of carbonyl (C=O) groups excluding carboxylic acids is 1. The molecule has 0 saturated carbocycles. The second kappa shape index (κ2) is 5.53. The van der Waals surface area contributed by atoms with E-state index in [-0.39, 0.29) is 0 Å². The zero-order valence-corrected chi connectivity index (χ0v) is 11.1. The largest absolute Gasteiger partial charge is 0.465 e. The third-order valence-corrected chi connectivity index (χ3v) is 2.74. The van der Waals surface area contributed by atoms with Crippen LogP contribution in [-0.2, 0) is 11.3 Å². The molecule has 0 aliphatic carbocycles. The van der Waals surface area contributed by atoms with Crippen LogP contribution in [0.25, 0.3) is 11.6 Å². The van der Waals surface area contributed by atoms with E-state index in [1.54, 1.807) is 30.5 Å². The standard InChI is InChI=1S/C13H11N5O3/c1-20-13(19)9-4-5-10(14-7-9)8-18-16-12(15-17-18)11-3-2-6-21-11/h2-7H,8H2,1H3. The fourth-order valence-corrected chi connectivity index (χ4v) is 1.72. The molecule has 106 valence electrons. The van der Waals surface area contributed by atoms with Gasteiger partial charge in [0.2, 0.25) is 5.82 Å². The summed E-state index contributed by atoms with van der Waals surface area (Å²) in [7, 11) is 1.33. The molecule has 0 atom stereocenters. The van der Waals surface area contributed by atoms with Crippen LogP contribution >= 0.6 is 0 Å². The maximum atomic E-state index is 11.3. The van der Waals surface area contributed by atoms with Gasteiger partial charge in [0.15, 0.2) is 5.76 Å². The van der Waals surface area contributed by atoms with Gasteiger partial charge in [0.1, 0.15) is 6.54 Å². The van der Waals surface area contributed by atoms with E-state index in [1.807, 2.05) is 0 Å². The highest BCUT2D eigenvalue weighted by Gasteiger charge is 2.10. The van der Waals surface area contributed by atoms with Crippen LogP contribution in [0.2, 0.25) is 0 Å². The Kier molecular flexibility index (Phi) is 3.42. The fourth-order valence-electron chi connectivity index (χ4n) is 1.72. The third-order valence-electron chi connectivity index (χ3n) is 2.74. The van der Waals surface area contributed by atoms with Gasteiger partial charge in [-0.25, -0.2) is 4.79 Å². The van der Waals surface area contributed by atoms with Crippen LogP contribution in [0.3, 0.4) is 0 Å². The van der Waals surface area contributed by atoms with Gasteiger partial charge in [-0.1, -0.05) is 0 Å². The summed E-state index contributed by atoms with van der Waals surface area (Å²) in [4.78, 5) is 16.9. The van der Waals surface area contributed by atoms with E-state index in [4.69, 9.17) is 4.42 Å². The molecular formula is C13H11N5O3. The zero-order chi connectivity index (χ0) is 14.7. The van der Waals surface area contributed by atoms with E-state index in [2.05, 4.69) is 25.1 Å². The normalized spacial score (nSPS) is 10.5. The minimum Gasteiger partial charge on any atom is -0.465 e. The molecule has 8 heteroatoms. The summed E-state index contributed by atoms with van der Waals surface area (Å²) in [6, 6.07) is 6.86. The van der Waals surface area contributed by atoms with Gasteiger partial charge in [0, 0.05) is 6.20 Å². The predicted octanol–water partition coefficient (Wildman–Crippen LogP) is 1.16. The summed E-state index contributed by atoms with van der Waals surface area (Å²) in [6.07, 6.45) is 2.99. The van der Waals surface area contributed by atoms with Crippen LogP contribution in [0.1, 0.15) is 16.1 Å². The number of hydrogen-bond donors (Lipinski definition) is 0. The number of carbonyl (C=O) groups is 1. The lowest BCUT2D eigenvalue weighted by Crippen LogP contribution is -2.07. The Balaban J connectivity index is 1.73. The molecule has 0 amide bonds. The summed E-state index contributed by atoms with van der Waals surface area (Å²) in [5.41, 5.74) is 1.09. The minimum absolute atomic E-state index is 0.342. The van der Waals surface area contributed by atoms with Crippen molar-refractivity contribution in [1.29, 1.82) is 0 Å². The molecule has 0 N–H and O–H groups in total. The molecule has 0 aliphatic rings. The van der Waals surface area contributed by atoms with Gasteiger partial charge in [-0.15, -0.1) is 10.2 Å². The number of ether oxygens (including phenoxy) is 1. The number of aromatic nitrogens is 5. The molecule has 3 heterocycles. The molecule has 0 fully saturated rings. The van der Waals surface area contributed by atoms with Crippen LogP contribution in [0.4, 0.5) is 0 Å². The quantitative estimate of drug-likeness (QED) is 0.663. The number of nitrogens with zero attached hydrogens (tertiary/aromatic N) is 5. The van der Waals surface area contributed by atoms with Crippen molar-refractivity contribution in [3.05, 3.63) is 48.0 Å². The first-order valence-electron chi connectivity index (χ1n) is 6.11. The van der Waals surface area contributed by atoms with Gasteiger partial charge in [-0.2, -0.15) is 4.80 Å². The first-order valence-corrected chi connectivity index (χ1v) is 6.11. The summed E-state index contributed by atoms with van der Waals surface area (Å²) < 4.78 is 9.80. The lowest BCUT2D eigenvalue weighted by molar-refractivity contribution is 0.0600. The predicted molar refractivity (Wildman–Crippen MR) is 70.2 cm³/mol. The van der Waals surface area contributed by atoms with Crippen LogP contribution in [0, 0.1) is 0 Å². The van der Waals surface area contributed by atoms with Gasteiger partial charge < -0.3 is 9.15 Å². The minimum atomic E-state index is -0.423. The van der Waals surface area contributed by atoms with Crippen molar-refractivity contribution in [3.8, 4) is 11.6 Å².